The fraction of sp³-hybridized carbons (Fsp3) is 0.250. The molecule has 0 aliphatic rings. The molecule has 1 nitrogen and oxygen atoms in total. The molecule has 0 unspecified atom stereocenters. The Kier molecular flexibility index (Phi) is 5.12. The maximum absolute atomic E-state index is 6.07. The summed E-state index contributed by atoms with van der Waals surface area (Å²) in [6.07, 6.45) is 1.01. The van der Waals surface area contributed by atoms with Crippen LogP contribution < -0.4 is 4.90 Å². The summed E-state index contributed by atoms with van der Waals surface area (Å²) in [4.78, 5) is 2.20. The maximum Gasteiger partial charge on any atom is 0.0494 e. The minimum Gasteiger partial charge on any atom is -0.374 e. The summed E-state index contributed by atoms with van der Waals surface area (Å²) in [6.45, 7) is 0.939. The average molecular weight is 294 g/mol. The number of alkyl halides is 1. The highest BCUT2D eigenvalue weighted by Crippen LogP contribution is 2.25. The number of halogens is 2. The van der Waals surface area contributed by atoms with Gasteiger partial charge in [-0.1, -0.05) is 48.0 Å². The fourth-order valence-corrected chi connectivity index (χ4v) is 2.46. The van der Waals surface area contributed by atoms with E-state index in [9.17, 15) is 0 Å². The summed E-state index contributed by atoms with van der Waals surface area (Å²) in [5, 5.41) is 0.746. The molecular formula is C16H17Cl2N. The van der Waals surface area contributed by atoms with Gasteiger partial charge in [0.1, 0.15) is 0 Å². The molecular weight excluding hydrogens is 277 g/mol. The molecule has 0 spiro atoms. The quantitative estimate of drug-likeness (QED) is 0.719. The first kappa shape index (κ1) is 14.2. The molecule has 0 saturated heterocycles. The molecule has 0 amide bonds. The molecule has 0 N–H and O–H groups in total. The molecule has 19 heavy (non-hydrogen) atoms. The fourth-order valence-electron chi connectivity index (χ4n) is 2.07. The van der Waals surface area contributed by atoms with Crippen LogP contribution in [0.2, 0.25) is 5.02 Å². The minimum atomic E-state index is 0.502. The number of rotatable bonds is 5. The second-order valence-electron chi connectivity index (χ2n) is 4.56. The summed E-state index contributed by atoms with van der Waals surface area (Å²) in [6, 6.07) is 16.3. The van der Waals surface area contributed by atoms with E-state index in [1.807, 2.05) is 24.3 Å². The number of hydrogen-bond acceptors (Lipinski definition) is 1. The van der Waals surface area contributed by atoms with E-state index >= 15 is 0 Å². The van der Waals surface area contributed by atoms with Crippen molar-refractivity contribution >= 4 is 28.9 Å². The Hall–Kier alpha value is -1.18. The summed E-state index contributed by atoms with van der Waals surface area (Å²) in [5.74, 6) is 0.502. The Balaban J connectivity index is 2.07. The molecule has 0 bridgehead atoms. The van der Waals surface area contributed by atoms with Gasteiger partial charge in [-0.2, -0.15) is 0 Å². The summed E-state index contributed by atoms with van der Waals surface area (Å²) in [5.41, 5.74) is 3.56. The molecule has 100 valence electrons. The van der Waals surface area contributed by atoms with E-state index in [-0.39, 0.29) is 0 Å². The van der Waals surface area contributed by atoms with Crippen LogP contribution in [-0.4, -0.2) is 13.6 Å². The van der Waals surface area contributed by atoms with Crippen molar-refractivity contribution in [3.05, 3.63) is 64.7 Å². The normalized spacial score (nSPS) is 10.5. The zero-order valence-corrected chi connectivity index (χ0v) is 12.5. The second kappa shape index (κ2) is 6.83. The van der Waals surface area contributed by atoms with Crippen molar-refractivity contribution in [3.63, 3.8) is 0 Å². The molecule has 0 saturated carbocycles. The van der Waals surface area contributed by atoms with Crippen LogP contribution in [-0.2, 0) is 12.3 Å². The third-order valence-corrected chi connectivity index (χ3v) is 3.70. The zero-order chi connectivity index (χ0) is 13.7. The lowest BCUT2D eigenvalue weighted by atomic mass is 10.1. The van der Waals surface area contributed by atoms with Crippen molar-refractivity contribution < 1.29 is 0 Å². The molecule has 0 aromatic heterocycles. The Morgan fingerprint density at radius 3 is 2.47 bits per heavy atom. The van der Waals surface area contributed by atoms with Crippen LogP contribution >= 0.6 is 23.2 Å². The monoisotopic (exact) mass is 293 g/mol. The predicted octanol–water partition coefficient (Wildman–Crippen LogP) is 4.76. The Labute approximate surface area is 124 Å². The second-order valence-corrected chi connectivity index (χ2v) is 5.27. The third kappa shape index (κ3) is 3.89. The molecule has 0 atom stereocenters. The number of hydrogen-bond donors (Lipinski definition) is 0. The van der Waals surface area contributed by atoms with Crippen molar-refractivity contribution in [1.29, 1.82) is 0 Å². The van der Waals surface area contributed by atoms with Crippen LogP contribution in [0.15, 0.2) is 48.5 Å². The van der Waals surface area contributed by atoms with E-state index in [2.05, 4.69) is 36.2 Å². The van der Waals surface area contributed by atoms with E-state index < -0.39 is 0 Å². The van der Waals surface area contributed by atoms with Crippen LogP contribution in [0.25, 0.3) is 0 Å². The van der Waals surface area contributed by atoms with Gasteiger partial charge in [-0.3, -0.25) is 0 Å². The summed E-state index contributed by atoms with van der Waals surface area (Å²) >= 11 is 12.0. The lowest BCUT2D eigenvalue weighted by Gasteiger charge is -2.22. The maximum atomic E-state index is 6.07. The summed E-state index contributed by atoms with van der Waals surface area (Å²) < 4.78 is 0. The van der Waals surface area contributed by atoms with Crippen molar-refractivity contribution in [2.24, 2.45) is 0 Å². The smallest absolute Gasteiger partial charge is 0.0494 e. The van der Waals surface area contributed by atoms with Gasteiger partial charge in [0.2, 0.25) is 0 Å². The Morgan fingerprint density at radius 1 is 1.05 bits per heavy atom. The highest BCUT2D eigenvalue weighted by molar-refractivity contribution is 6.31. The van der Waals surface area contributed by atoms with Gasteiger partial charge in [0, 0.05) is 30.2 Å². The van der Waals surface area contributed by atoms with E-state index in [1.165, 1.54) is 5.56 Å². The average Bonchev–Trinajstić information content (AvgIpc) is 2.46. The largest absolute Gasteiger partial charge is 0.374 e. The van der Waals surface area contributed by atoms with Crippen LogP contribution in [0.5, 0.6) is 0 Å². The Bertz CT molecular complexity index is 526. The molecule has 3 heteroatoms. The molecule has 2 rings (SSSR count). The molecule has 0 fully saturated rings. The first-order chi connectivity index (χ1) is 9.20. The van der Waals surface area contributed by atoms with Crippen molar-refractivity contribution in [3.8, 4) is 0 Å². The van der Waals surface area contributed by atoms with E-state index in [0.29, 0.717) is 5.88 Å². The van der Waals surface area contributed by atoms with Crippen molar-refractivity contribution in [1.82, 2.24) is 0 Å². The number of anilines is 1. The van der Waals surface area contributed by atoms with Crippen molar-refractivity contribution in [2.45, 2.75) is 12.3 Å². The van der Waals surface area contributed by atoms with Gasteiger partial charge in [0.25, 0.3) is 0 Å². The lowest BCUT2D eigenvalue weighted by Crippen LogP contribution is -2.21. The lowest BCUT2D eigenvalue weighted by molar-refractivity contribution is 0.872. The van der Waals surface area contributed by atoms with Crippen LogP contribution in [0.1, 0.15) is 11.1 Å². The number of likely N-dealkylation sites (N-methyl/N-ethyl adjacent to an activating group) is 1. The van der Waals surface area contributed by atoms with Crippen LogP contribution in [0.3, 0.4) is 0 Å². The van der Waals surface area contributed by atoms with Gasteiger partial charge >= 0.3 is 0 Å². The van der Waals surface area contributed by atoms with Crippen LogP contribution in [0, 0.1) is 0 Å². The third-order valence-electron chi connectivity index (χ3n) is 3.18. The number of benzene rings is 2. The van der Waals surface area contributed by atoms with E-state index in [0.717, 1.165) is 29.2 Å². The van der Waals surface area contributed by atoms with Gasteiger partial charge in [0.05, 0.1) is 0 Å². The highest BCUT2D eigenvalue weighted by Gasteiger charge is 2.07. The zero-order valence-electron chi connectivity index (χ0n) is 10.9. The van der Waals surface area contributed by atoms with E-state index in [4.69, 9.17) is 23.2 Å². The van der Waals surface area contributed by atoms with Gasteiger partial charge in [0.15, 0.2) is 0 Å². The molecule has 2 aromatic rings. The van der Waals surface area contributed by atoms with Gasteiger partial charge in [-0.05, 0) is 29.7 Å². The first-order valence-electron chi connectivity index (χ1n) is 6.30. The van der Waals surface area contributed by atoms with Gasteiger partial charge < -0.3 is 4.90 Å². The molecule has 0 aliphatic heterocycles. The topological polar surface area (TPSA) is 3.24 Å². The van der Waals surface area contributed by atoms with Gasteiger partial charge in [-0.25, -0.2) is 0 Å². The van der Waals surface area contributed by atoms with Crippen LogP contribution in [0.4, 0.5) is 5.69 Å². The minimum absolute atomic E-state index is 0.502. The van der Waals surface area contributed by atoms with Crippen molar-refractivity contribution in [2.75, 3.05) is 18.5 Å². The number of nitrogens with zero attached hydrogens (tertiary/aromatic N) is 1. The molecule has 0 aliphatic carbocycles. The van der Waals surface area contributed by atoms with E-state index in [1.54, 1.807) is 0 Å². The molecule has 2 aromatic carbocycles. The standard InChI is InChI=1S/C16H17Cl2N/c1-19(10-9-13-5-3-2-4-6-13)16-11-15(18)8-7-14(16)12-17/h2-8,11H,9-10,12H2,1H3. The summed E-state index contributed by atoms with van der Waals surface area (Å²) in [7, 11) is 2.07. The SMILES string of the molecule is CN(CCc1ccccc1)c1cc(Cl)ccc1CCl. The predicted molar refractivity (Wildman–Crippen MR) is 84.4 cm³/mol. The molecule has 0 heterocycles. The molecule has 0 radical (unpaired) electrons. The Morgan fingerprint density at radius 2 is 1.79 bits per heavy atom. The highest BCUT2D eigenvalue weighted by atomic mass is 35.5. The van der Waals surface area contributed by atoms with Gasteiger partial charge in [-0.15, -0.1) is 11.6 Å². The first-order valence-corrected chi connectivity index (χ1v) is 7.21.